The van der Waals surface area contributed by atoms with Crippen molar-refractivity contribution in [3.8, 4) is 0 Å². The number of amides is 2. The Morgan fingerprint density at radius 3 is 2.29 bits per heavy atom. The number of urea groups is 1. The average Bonchev–Trinajstić information content (AvgIpc) is 3.00. The van der Waals surface area contributed by atoms with Crippen molar-refractivity contribution >= 4 is 12.0 Å². The second kappa shape index (κ2) is 7.66. The molecule has 120 valence electrons. The van der Waals surface area contributed by atoms with Crippen LogP contribution in [0.5, 0.6) is 0 Å². The number of carboxylic acids is 1. The van der Waals surface area contributed by atoms with Crippen LogP contribution < -0.4 is 10.6 Å². The van der Waals surface area contributed by atoms with Crippen LogP contribution in [-0.4, -0.2) is 29.7 Å². The first kappa shape index (κ1) is 16.1. The molecule has 2 aliphatic rings. The molecule has 2 fully saturated rings. The first-order valence-electron chi connectivity index (χ1n) is 8.33. The van der Waals surface area contributed by atoms with Crippen LogP contribution in [0.2, 0.25) is 0 Å². The van der Waals surface area contributed by atoms with Gasteiger partial charge < -0.3 is 15.7 Å². The minimum Gasteiger partial charge on any atom is -0.481 e. The van der Waals surface area contributed by atoms with Gasteiger partial charge in [0, 0.05) is 12.6 Å². The molecule has 0 saturated heterocycles. The molecule has 0 aromatic carbocycles. The van der Waals surface area contributed by atoms with Gasteiger partial charge in [-0.25, -0.2) is 4.79 Å². The molecule has 2 aliphatic carbocycles. The summed E-state index contributed by atoms with van der Waals surface area (Å²) in [6.45, 7) is 2.75. The summed E-state index contributed by atoms with van der Waals surface area (Å²) >= 11 is 0. The minimum atomic E-state index is -0.676. The van der Waals surface area contributed by atoms with Gasteiger partial charge in [-0.3, -0.25) is 4.79 Å². The number of hydrogen-bond acceptors (Lipinski definition) is 2. The third-order valence-corrected chi connectivity index (χ3v) is 5.21. The molecule has 21 heavy (non-hydrogen) atoms. The van der Waals surface area contributed by atoms with Crippen LogP contribution in [0, 0.1) is 17.8 Å². The number of hydrogen-bond donors (Lipinski definition) is 3. The van der Waals surface area contributed by atoms with Crippen molar-refractivity contribution in [2.45, 2.75) is 64.3 Å². The van der Waals surface area contributed by atoms with E-state index in [-0.39, 0.29) is 18.0 Å². The highest BCUT2D eigenvalue weighted by molar-refractivity contribution is 5.74. The number of carboxylic acid groups (broad SMARTS) is 1. The molecular formula is C16H28N2O3. The van der Waals surface area contributed by atoms with E-state index in [1.165, 1.54) is 25.7 Å². The van der Waals surface area contributed by atoms with E-state index in [0.29, 0.717) is 18.4 Å². The van der Waals surface area contributed by atoms with E-state index in [2.05, 4.69) is 17.6 Å². The van der Waals surface area contributed by atoms with Crippen LogP contribution >= 0.6 is 0 Å². The smallest absolute Gasteiger partial charge is 0.315 e. The molecule has 2 saturated carbocycles. The molecule has 0 aromatic heterocycles. The largest absolute Gasteiger partial charge is 0.481 e. The summed E-state index contributed by atoms with van der Waals surface area (Å²) in [6, 6.07) is 0.171. The summed E-state index contributed by atoms with van der Waals surface area (Å²) in [5, 5.41) is 15.0. The molecule has 5 nitrogen and oxygen atoms in total. The Bertz CT molecular complexity index is 359. The molecule has 0 spiro atoms. The van der Waals surface area contributed by atoms with E-state index in [1.807, 2.05) is 0 Å². The fraction of sp³-hybridized carbons (Fsp3) is 0.875. The van der Waals surface area contributed by atoms with E-state index in [9.17, 15) is 9.59 Å². The van der Waals surface area contributed by atoms with Crippen molar-refractivity contribution in [3.63, 3.8) is 0 Å². The van der Waals surface area contributed by atoms with E-state index in [1.54, 1.807) is 0 Å². The van der Waals surface area contributed by atoms with Crippen molar-refractivity contribution in [2.75, 3.05) is 6.54 Å². The Labute approximate surface area is 126 Å². The molecule has 1 unspecified atom stereocenters. The molecule has 5 heteroatoms. The summed E-state index contributed by atoms with van der Waals surface area (Å²) in [4.78, 5) is 22.8. The average molecular weight is 296 g/mol. The van der Waals surface area contributed by atoms with Crippen molar-refractivity contribution in [2.24, 2.45) is 17.8 Å². The van der Waals surface area contributed by atoms with Gasteiger partial charge in [0.2, 0.25) is 0 Å². The van der Waals surface area contributed by atoms with Gasteiger partial charge in [-0.15, -0.1) is 0 Å². The zero-order valence-electron chi connectivity index (χ0n) is 12.9. The molecule has 0 aliphatic heterocycles. The van der Waals surface area contributed by atoms with E-state index in [0.717, 1.165) is 25.7 Å². The molecule has 0 heterocycles. The maximum atomic E-state index is 11.9. The molecule has 0 radical (unpaired) electrons. The second-order valence-electron chi connectivity index (χ2n) is 6.74. The van der Waals surface area contributed by atoms with Crippen LogP contribution in [0.15, 0.2) is 0 Å². The number of aliphatic carboxylic acids is 1. The van der Waals surface area contributed by atoms with Gasteiger partial charge in [-0.2, -0.15) is 0 Å². The quantitative estimate of drug-likeness (QED) is 0.730. The standard InChI is InChI=1S/C16H28N2O3/c1-11(13-4-2-3-5-13)18-16(21)17-10-12-6-8-14(9-7-12)15(19)20/h11-14H,2-10H2,1H3,(H,19,20)(H2,17,18,21). The molecule has 2 amide bonds. The lowest BCUT2D eigenvalue weighted by molar-refractivity contribution is -0.143. The summed E-state index contributed by atoms with van der Waals surface area (Å²) in [6.07, 6.45) is 8.28. The molecule has 1 atom stereocenters. The predicted molar refractivity (Wildman–Crippen MR) is 81.0 cm³/mol. The normalized spacial score (nSPS) is 28.0. The van der Waals surface area contributed by atoms with Gasteiger partial charge in [-0.1, -0.05) is 12.8 Å². The first-order chi connectivity index (χ1) is 10.1. The van der Waals surface area contributed by atoms with E-state index >= 15 is 0 Å². The van der Waals surface area contributed by atoms with Crippen LogP contribution in [0.1, 0.15) is 58.3 Å². The fourth-order valence-electron chi connectivity index (χ4n) is 3.68. The van der Waals surface area contributed by atoms with Gasteiger partial charge in [0.05, 0.1) is 5.92 Å². The van der Waals surface area contributed by atoms with Crippen molar-refractivity contribution in [1.29, 1.82) is 0 Å². The van der Waals surface area contributed by atoms with Gasteiger partial charge in [0.15, 0.2) is 0 Å². The van der Waals surface area contributed by atoms with Gasteiger partial charge >= 0.3 is 12.0 Å². The zero-order valence-corrected chi connectivity index (χ0v) is 12.9. The van der Waals surface area contributed by atoms with Crippen LogP contribution in [0.3, 0.4) is 0 Å². The monoisotopic (exact) mass is 296 g/mol. The third kappa shape index (κ3) is 4.90. The summed E-state index contributed by atoms with van der Waals surface area (Å²) in [5.41, 5.74) is 0. The Morgan fingerprint density at radius 1 is 1.10 bits per heavy atom. The summed E-state index contributed by atoms with van der Waals surface area (Å²) < 4.78 is 0. The Morgan fingerprint density at radius 2 is 1.71 bits per heavy atom. The molecule has 0 bridgehead atoms. The highest BCUT2D eigenvalue weighted by Crippen LogP contribution is 2.29. The van der Waals surface area contributed by atoms with Crippen molar-refractivity contribution in [3.05, 3.63) is 0 Å². The summed E-state index contributed by atoms with van der Waals surface area (Å²) in [5.74, 6) is 0.192. The Kier molecular flexibility index (Phi) is 5.88. The highest BCUT2D eigenvalue weighted by Gasteiger charge is 2.26. The molecule has 2 rings (SSSR count). The van der Waals surface area contributed by atoms with Crippen molar-refractivity contribution < 1.29 is 14.7 Å². The highest BCUT2D eigenvalue weighted by atomic mass is 16.4. The number of carbonyl (C=O) groups excluding carboxylic acids is 1. The lowest BCUT2D eigenvalue weighted by Gasteiger charge is -2.27. The minimum absolute atomic E-state index is 0.0743. The number of carbonyl (C=O) groups is 2. The maximum absolute atomic E-state index is 11.9. The van der Waals surface area contributed by atoms with E-state index < -0.39 is 5.97 Å². The number of rotatable bonds is 5. The zero-order chi connectivity index (χ0) is 15.2. The fourth-order valence-corrected chi connectivity index (χ4v) is 3.68. The van der Waals surface area contributed by atoms with Crippen molar-refractivity contribution in [1.82, 2.24) is 10.6 Å². The molecule has 3 N–H and O–H groups in total. The Hall–Kier alpha value is -1.26. The predicted octanol–water partition coefficient (Wildman–Crippen LogP) is 2.76. The lowest BCUT2D eigenvalue weighted by atomic mass is 9.82. The molecule has 0 aromatic rings. The van der Waals surface area contributed by atoms with Crippen LogP contribution in [0.25, 0.3) is 0 Å². The van der Waals surface area contributed by atoms with Crippen LogP contribution in [-0.2, 0) is 4.79 Å². The van der Waals surface area contributed by atoms with Gasteiger partial charge in [-0.05, 0) is 57.3 Å². The van der Waals surface area contributed by atoms with Crippen LogP contribution in [0.4, 0.5) is 4.79 Å². The first-order valence-corrected chi connectivity index (χ1v) is 8.33. The third-order valence-electron chi connectivity index (χ3n) is 5.21. The van der Waals surface area contributed by atoms with Gasteiger partial charge in [0.25, 0.3) is 0 Å². The Balaban J connectivity index is 1.62. The molecular weight excluding hydrogens is 268 g/mol. The SMILES string of the molecule is CC(NC(=O)NCC1CCC(C(=O)O)CC1)C1CCCC1. The topological polar surface area (TPSA) is 78.4 Å². The van der Waals surface area contributed by atoms with E-state index in [4.69, 9.17) is 5.11 Å². The maximum Gasteiger partial charge on any atom is 0.315 e. The van der Waals surface area contributed by atoms with Gasteiger partial charge in [0.1, 0.15) is 0 Å². The lowest BCUT2D eigenvalue weighted by Crippen LogP contribution is -2.45. The second-order valence-corrected chi connectivity index (χ2v) is 6.74. The number of nitrogens with one attached hydrogen (secondary N) is 2. The summed E-state index contributed by atoms with van der Waals surface area (Å²) in [7, 11) is 0.